The Labute approximate surface area is 138 Å². The summed E-state index contributed by atoms with van der Waals surface area (Å²) in [4.78, 5) is 26.7. The summed E-state index contributed by atoms with van der Waals surface area (Å²) in [7, 11) is 0. The number of anilines is 1. The zero-order valence-electron chi connectivity index (χ0n) is 13.9. The van der Waals surface area contributed by atoms with E-state index in [0.717, 1.165) is 50.9 Å². The molecule has 124 valence electrons. The molecule has 1 aromatic carbocycles. The molecule has 1 saturated heterocycles. The Balaban J connectivity index is 1.53. The normalized spacial score (nSPS) is 19.3. The van der Waals surface area contributed by atoms with E-state index in [0.29, 0.717) is 5.91 Å². The number of rotatable bonds is 4. The van der Waals surface area contributed by atoms with Gasteiger partial charge >= 0.3 is 0 Å². The minimum absolute atomic E-state index is 0.0188. The van der Waals surface area contributed by atoms with E-state index in [9.17, 15) is 9.59 Å². The van der Waals surface area contributed by atoms with E-state index >= 15 is 0 Å². The average molecular weight is 314 g/mol. The van der Waals surface area contributed by atoms with Gasteiger partial charge in [-0.2, -0.15) is 0 Å². The van der Waals surface area contributed by atoms with Crippen LogP contribution in [0.1, 0.15) is 44.6 Å². The van der Waals surface area contributed by atoms with Crippen LogP contribution in [0.4, 0.5) is 5.69 Å². The fourth-order valence-corrected chi connectivity index (χ4v) is 3.46. The topological polar surface area (TPSA) is 49.4 Å². The summed E-state index contributed by atoms with van der Waals surface area (Å²) in [6.45, 7) is 3.54. The number of nitrogens with zero attached hydrogens (tertiary/aromatic N) is 1. The molecule has 1 N–H and O–H groups in total. The van der Waals surface area contributed by atoms with Gasteiger partial charge in [0.2, 0.25) is 11.8 Å². The molecule has 1 heterocycles. The number of hydrogen-bond acceptors (Lipinski definition) is 2. The molecule has 3 rings (SSSR count). The van der Waals surface area contributed by atoms with E-state index < -0.39 is 0 Å². The van der Waals surface area contributed by atoms with Crippen molar-refractivity contribution in [3.05, 3.63) is 29.8 Å². The molecule has 0 spiro atoms. The van der Waals surface area contributed by atoms with Gasteiger partial charge in [0.05, 0.1) is 0 Å². The number of carbonyl (C=O) groups excluding carboxylic acids is 2. The second-order valence-corrected chi connectivity index (χ2v) is 6.73. The minimum atomic E-state index is 0.0188. The first-order chi connectivity index (χ1) is 11.2. The van der Waals surface area contributed by atoms with Gasteiger partial charge in [-0.25, -0.2) is 0 Å². The van der Waals surface area contributed by atoms with Crippen LogP contribution in [0.25, 0.3) is 0 Å². The standard InChI is InChI=1S/C19H26N2O2/c1-2-14-6-3-4-9-17(14)20-18(22)15-10-12-21(13-11-15)19(23)16-7-5-8-16/h3-4,6,9,15-16H,2,5,7-8,10-13H2,1H3,(H,20,22). The highest BCUT2D eigenvalue weighted by Gasteiger charge is 2.33. The number of para-hydroxylation sites is 1. The van der Waals surface area contributed by atoms with Crippen LogP contribution >= 0.6 is 0 Å². The monoisotopic (exact) mass is 314 g/mol. The molecule has 1 aliphatic heterocycles. The van der Waals surface area contributed by atoms with Gasteiger partial charge in [0.1, 0.15) is 0 Å². The molecule has 2 fully saturated rings. The molecule has 2 aliphatic rings. The number of carbonyl (C=O) groups is 2. The predicted octanol–water partition coefficient (Wildman–Crippen LogP) is 3.23. The smallest absolute Gasteiger partial charge is 0.227 e. The highest BCUT2D eigenvalue weighted by molar-refractivity contribution is 5.93. The summed E-state index contributed by atoms with van der Waals surface area (Å²) in [6, 6.07) is 7.97. The first-order valence-electron chi connectivity index (χ1n) is 8.86. The van der Waals surface area contributed by atoms with Crippen LogP contribution < -0.4 is 5.32 Å². The largest absolute Gasteiger partial charge is 0.342 e. The van der Waals surface area contributed by atoms with Crippen LogP contribution in [-0.2, 0) is 16.0 Å². The maximum atomic E-state index is 12.5. The number of hydrogen-bond donors (Lipinski definition) is 1. The van der Waals surface area contributed by atoms with Gasteiger partial charge in [-0.05, 0) is 43.7 Å². The SMILES string of the molecule is CCc1ccccc1NC(=O)C1CCN(C(=O)C2CCC2)CC1. The van der Waals surface area contributed by atoms with Crippen molar-refractivity contribution in [2.24, 2.45) is 11.8 Å². The maximum Gasteiger partial charge on any atom is 0.227 e. The van der Waals surface area contributed by atoms with E-state index in [1.54, 1.807) is 0 Å². The van der Waals surface area contributed by atoms with Crippen LogP contribution in [0, 0.1) is 11.8 Å². The number of aryl methyl sites for hydroxylation is 1. The lowest BCUT2D eigenvalue weighted by atomic mass is 9.83. The second kappa shape index (κ2) is 7.16. The average Bonchev–Trinajstić information content (AvgIpc) is 2.54. The molecule has 0 unspecified atom stereocenters. The Morgan fingerprint density at radius 2 is 1.78 bits per heavy atom. The molecule has 4 heteroatoms. The summed E-state index contributed by atoms with van der Waals surface area (Å²) in [5, 5.41) is 3.08. The number of likely N-dealkylation sites (tertiary alicyclic amines) is 1. The van der Waals surface area contributed by atoms with Crippen molar-refractivity contribution in [1.82, 2.24) is 4.90 Å². The van der Waals surface area contributed by atoms with Crippen molar-refractivity contribution in [3.63, 3.8) is 0 Å². The Morgan fingerprint density at radius 3 is 2.39 bits per heavy atom. The van der Waals surface area contributed by atoms with Gasteiger partial charge in [-0.1, -0.05) is 31.5 Å². The number of nitrogens with one attached hydrogen (secondary N) is 1. The molecule has 1 aromatic rings. The molecule has 1 saturated carbocycles. The van der Waals surface area contributed by atoms with Gasteiger partial charge in [0, 0.05) is 30.6 Å². The van der Waals surface area contributed by atoms with Gasteiger partial charge in [-0.3, -0.25) is 9.59 Å². The summed E-state index contributed by atoms with van der Waals surface area (Å²) in [6.07, 6.45) is 5.74. The maximum absolute atomic E-state index is 12.5. The first-order valence-corrected chi connectivity index (χ1v) is 8.86. The second-order valence-electron chi connectivity index (χ2n) is 6.73. The summed E-state index contributed by atoms with van der Waals surface area (Å²) < 4.78 is 0. The Bertz CT molecular complexity index is 572. The van der Waals surface area contributed by atoms with Crippen LogP contribution in [0.2, 0.25) is 0 Å². The van der Waals surface area contributed by atoms with Crippen molar-refractivity contribution in [2.45, 2.75) is 45.4 Å². The number of piperidine rings is 1. The van der Waals surface area contributed by atoms with Gasteiger partial charge in [0.15, 0.2) is 0 Å². The molecule has 23 heavy (non-hydrogen) atoms. The van der Waals surface area contributed by atoms with E-state index in [1.807, 2.05) is 23.1 Å². The minimum Gasteiger partial charge on any atom is -0.342 e. The Kier molecular flexibility index (Phi) is 4.99. The lowest BCUT2D eigenvalue weighted by Gasteiger charge is -2.36. The van der Waals surface area contributed by atoms with Gasteiger partial charge in [0.25, 0.3) is 0 Å². The van der Waals surface area contributed by atoms with E-state index in [-0.39, 0.29) is 17.7 Å². The van der Waals surface area contributed by atoms with E-state index in [1.165, 1.54) is 12.0 Å². The van der Waals surface area contributed by atoms with E-state index in [2.05, 4.69) is 18.3 Å². The molecular weight excluding hydrogens is 288 g/mol. The van der Waals surface area contributed by atoms with Crippen LogP contribution in [0.15, 0.2) is 24.3 Å². The molecule has 2 amide bonds. The molecule has 4 nitrogen and oxygen atoms in total. The zero-order chi connectivity index (χ0) is 16.2. The molecule has 0 bridgehead atoms. The molecule has 0 aromatic heterocycles. The highest BCUT2D eigenvalue weighted by Crippen LogP contribution is 2.30. The van der Waals surface area contributed by atoms with Crippen molar-refractivity contribution < 1.29 is 9.59 Å². The third kappa shape index (κ3) is 3.57. The van der Waals surface area contributed by atoms with Crippen LogP contribution in [0.3, 0.4) is 0 Å². The predicted molar refractivity (Wildman–Crippen MR) is 91.1 cm³/mol. The van der Waals surface area contributed by atoms with Crippen molar-refractivity contribution in [2.75, 3.05) is 18.4 Å². The third-order valence-corrected chi connectivity index (χ3v) is 5.29. The van der Waals surface area contributed by atoms with E-state index in [4.69, 9.17) is 0 Å². The lowest BCUT2D eigenvalue weighted by molar-refractivity contribution is -0.140. The summed E-state index contributed by atoms with van der Waals surface area (Å²) in [5.41, 5.74) is 2.09. The van der Waals surface area contributed by atoms with Crippen LogP contribution in [0.5, 0.6) is 0 Å². The lowest BCUT2D eigenvalue weighted by Crippen LogP contribution is -2.45. The third-order valence-electron chi connectivity index (χ3n) is 5.29. The number of benzene rings is 1. The van der Waals surface area contributed by atoms with Gasteiger partial charge in [-0.15, -0.1) is 0 Å². The quantitative estimate of drug-likeness (QED) is 0.927. The molecule has 1 aliphatic carbocycles. The molecular formula is C19H26N2O2. The Morgan fingerprint density at radius 1 is 1.09 bits per heavy atom. The zero-order valence-corrected chi connectivity index (χ0v) is 13.9. The highest BCUT2D eigenvalue weighted by atomic mass is 16.2. The Hall–Kier alpha value is -1.84. The van der Waals surface area contributed by atoms with Crippen molar-refractivity contribution in [3.8, 4) is 0 Å². The number of amides is 2. The molecule has 0 atom stereocenters. The fourth-order valence-electron chi connectivity index (χ4n) is 3.46. The first kappa shape index (κ1) is 16.0. The summed E-state index contributed by atoms with van der Waals surface area (Å²) >= 11 is 0. The molecule has 0 radical (unpaired) electrons. The van der Waals surface area contributed by atoms with Crippen molar-refractivity contribution in [1.29, 1.82) is 0 Å². The van der Waals surface area contributed by atoms with Gasteiger partial charge < -0.3 is 10.2 Å². The summed E-state index contributed by atoms with van der Waals surface area (Å²) in [5.74, 6) is 0.690. The van der Waals surface area contributed by atoms with Crippen LogP contribution in [-0.4, -0.2) is 29.8 Å². The van der Waals surface area contributed by atoms with Crippen molar-refractivity contribution >= 4 is 17.5 Å². The fraction of sp³-hybridized carbons (Fsp3) is 0.579.